The van der Waals surface area contributed by atoms with E-state index >= 15 is 0 Å². The molecular formula is C27H49NO6. The van der Waals surface area contributed by atoms with Crippen LogP contribution in [0, 0.1) is 17.8 Å². The van der Waals surface area contributed by atoms with Gasteiger partial charge in [-0.3, -0.25) is 9.59 Å². The third-order valence-corrected chi connectivity index (χ3v) is 6.98. The van der Waals surface area contributed by atoms with E-state index in [1.807, 2.05) is 13.8 Å². The third-order valence-electron chi connectivity index (χ3n) is 6.98. The highest BCUT2D eigenvalue weighted by Crippen LogP contribution is 2.25. The Hall–Kier alpha value is -1.89. The molecule has 0 aliphatic carbocycles. The molecule has 0 aromatic rings. The molecule has 0 saturated carbocycles. The molecule has 0 aliphatic rings. The lowest BCUT2D eigenvalue weighted by molar-refractivity contribution is -0.935. The number of allylic oxidation sites excluding steroid dienone is 2. The largest absolute Gasteiger partial charge is 0.550 e. The van der Waals surface area contributed by atoms with Gasteiger partial charge in [-0.15, -0.1) is 0 Å². The number of hydrogen-bond donors (Lipinski definition) is 2. The summed E-state index contributed by atoms with van der Waals surface area (Å²) in [7, 11) is 0. The average Bonchev–Trinajstić information content (AvgIpc) is 2.79. The van der Waals surface area contributed by atoms with Crippen molar-refractivity contribution in [3.63, 3.8) is 0 Å². The highest BCUT2D eigenvalue weighted by Gasteiger charge is 2.39. The van der Waals surface area contributed by atoms with Crippen molar-refractivity contribution in [2.24, 2.45) is 17.8 Å². The van der Waals surface area contributed by atoms with Gasteiger partial charge in [0.2, 0.25) is 0 Å². The summed E-state index contributed by atoms with van der Waals surface area (Å²) in [5.41, 5.74) is 0. The normalized spacial score (nSPS) is 16.1. The predicted octanol–water partition coefficient (Wildman–Crippen LogP) is 4.50. The number of quaternary nitrogens is 1. The van der Waals surface area contributed by atoms with E-state index in [-0.39, 0.29) is 24.1 Å². The summed E-state index contributed by atoms with van der Waals surface area (Å²) in [6.07, 6.45) is 14.2. The molecule has 2 N–H and O–H groups in total. The van der Waals surface area contributed by atoms with Crippen molar-refractivity contribution < 1.29 is 34.2 Å². The van der Waals surface area contributed by atoms with Crippen LogP contribution < -0.4 is 5.11 Å². The minimum Gasteiger partial charge on any atom is -0.550 e. The van der Waals surface area contributed by atoms with E-state index in [9.17, 15) is 29.7 Å². The summed E-state index contributed by atoms with van der Waals surface area (Å²) in [6.45, 7) is 8.89. The van der Waals surface area contributed by atoms with Crippen molar-refractivity contribution in [2.75, 3.05) is 26.2 Å². The highest BCUT2D eigenvalue weighted by molar-refractivity contribution is 5.70. The van der Waals surface area contributed by atoms with E-state index in [0.717, 1.165) is 38.5 Å². The first-order valence-corrected chi connectivity index (χ1v) is 13.3. The van der Waals surface area contributed by atoms with Crippen LogP contribution in [0.25, 0.3) is 0 Å². The maximum Gasteiger partial charge on any atom is 0.312 e. The van der Waals surface area contributed by atoms with E-state index in [1.165, 1.54) is 12.8 Å². The Bertz CT molecular complexity index is 558. The van der Waals surface area contributed by atoms with Crippen molar-refractivity contribution in [1.29, 1.82) is 0 Å². The van der Waals surface area contributed by atoms with Crippen LogP contribution in [0.1, 0.15) is 98.3 Å². The van der Waals surface area contributed by atoms with Gasteiger partial charge in [0.1, 0.15) is 11.8 Å². The topological polar surface area (TPSA) is 115 Å². The summed E-state index contributed by atoms with van der Waals surface area (Å²) in [4.78, 5) is 35.5. The Morgan fingerprint density at radius 2 is 1.15 bits per heavy atom. The standard InChI is InChI=1S/C27H49NO6/c1-5-9-10-11-12-13-14-15-16-17-18-28(19-22(6-2)25(29)30,20-23(7-3)26(31)32)21-24(8-4)27(33)34/h11-12,22-24H,5-10,13-21H2,1-4H3,(H2-,29,30,31,32,33,34)/b12-11+. The minimum atomic E-state index is -1.15. The van der Waals surface area contributed by atoms with Gasteiger partial charge in [-0.2, -0.15) is 0 Å². The summed E-state index contributed by atoms with van der Waals surface area (Å²) >= 11 is 0. The molecule has 0 heterocycles. The van der Waals surface area contributed by atoms with Crippen molar-refractivity contribution >= 4 is 17.9 Å². The molecule has 0 rings (SSSR count). The lowest BCUT2D eigenvalue weighted by Gasteiger charge is -2.44. The Balaban J connectivity index is 5.48. The zero-order chi connectivity index (χ0) is 26.0. The molecule has 0 fully saturated rings. The van der Waals surface area contributed by atoms with Gasteiger partial charge in [0.05, 0.1) is 32.1 Å². The molecule has 198 valence electrons. The van der Waals surface area contributed by atoms with E-state index in [2.05, 4.69) is 19.1 Å². The van der Waals surface area contributed by atoms with Crippen LogP contribution >= 0.6 is 0 Å². The van der Waals surface area contributed by atoms with Crippen LogP contribution in [0.15, 0.2) is 12.2 Å². The highest BCUT2D eigenvalue weighted by atomic mass is 16.4. The second-order valence-corrected chi connectivity index (χ2v) is 9.74. The van der Waals surface area contributed by atoms with E-state index in [0.29, 0.717) is 25.8 Å². The van der Waals surface area contributed by atoms with Crippen molar-refractivity contribution in [2.45, 2.75) is 98.3 Å². The summed E-state index contributed by atoms with van der Waals surface area (Å²) in [5.74, 6) is -4.98. The van der Waals surface area contributed by atoms with Crippen LogP contribution in [0.3, 0.4) is 0 Å². The lowest BCUT2D eigenvalue weighted by Crippen LogP contribution is -2.59. The van der Waals surface area contributed by atoms with Gasteiger partial charge in [-0.05, 0) is 51.4 Å². The molecule has 0 aliphatic heterocycles. The minimum absolute atomic E-state index is 0.207. The molecule has 3 atom stereocenters. The van der Waals surface area contributed by atoms with Gasteiger partial charge < -0.3 is 24.6 Å². The SMILES string of the molecule is CCCC/C=C/CCCCCC[N+](CC(CC)C(=O)[O-])(CC(CC)C(=O)O)CC(CC)C(=O)O. The van der Waals surface area contributed by atoms with Crippen molar-refractivity contribution in [3.05, 3.63) is 12.2 Å². The number of carbonyl (C=O) groups excluding carboxylic acids is 1. The Morgan fingerprint density at radius 1 is 0.706 bits per heavy atom. The maximum absolute atomic E-state index is 11.9. The van der Waals surface area contributed by atoms with Gasteiger partial charge in [0, 0.05) is 5.92 Å². The van der Waals surface area contributed by atoms with E-state index < -0.39 is 35.7 Å². The van der Waals surface area contributed by atoms with E-state index in [4.69, 9.17) is 0 Å². The number of hydrogen-bond acceptors (Lipinski definition) is 4. The molecule has 0 aromatic carbocycles. The summed E-state index contributed by atoms with van der Waals surface area (Å²) in [5, 5.41) is 31.2. The number of rotatable bonds is 22. The summed E-state index contributed by atoms with van der Waals surface area (Å²) in [6, 6.07) is 0. The second kappa shape index (κ2) is 18.4. The molecule has 0 bridgehead atoms. The fraction of sp³-hybridized carbons (Fsp3) is 0.815. The first-order chi connectivity index (χ1) is 16.2. The van der Waals surface area contributed by atoms with Crippen LogP contribution in [0.4, 0.5) is 0 Å². The number of nitrogens with zero attached hydrogens (tertiary/aromatic N) is 1. The summed E-state index contributed by atoms with van der Waals surface area (Å²) < 4.78 is 0.207. The number of aliphatic carboxylic acids is 3. The maximum atomic E-state index is 11.9. The number of carbonyl (C=O) groups is 3. The van der Waals surface area contributed by atoms with Gasteiger partial charge in [0.15, 0.2) is 0 Å². The van der Waals surface area contributed by atoms with Crippen molar-refractivity contribution in [3.8, 4) is 0 Å². The zero-order valence-corrected chi connectivity index (χ0v) is 22.0. The smallest absolute Gasteiger partial charge is 0.312 e. The molecule has 0 radical (unpaired) electrons. The molecule has 3 unspecified atom stereocenters. The average molecular weight is 484 g/mol. The molecule has 7 nitrogen and oxygen atoms in total. The van der Waals surface area contributed by atoms with Gasteiger partial charge in [0.25, 0.3) is 0 Å². The Morgan fingerprint density at radius 3 is 1.56 bits per heavy atom. The molecule has 0 amide bonds. The third kappa shape index (κ3) is 13.1. The first kappa shape index (κ1) is 32.1. The fourth-order valence-electron chi connectivity index (χ4n) is 4.65. The quantitative estimate of drug-likeness (QED) is 0.133. The number of carboxylic acid groups (broad SMARTS) is 3. The lowest BCUT2D eigenvalue weighted by atomic mass is 9.95. The Kier molecular flexibility index (Phi) is 17.4. The first-order valence-electron chi connectivity index (χ1n) is 13.3. The number of unbranched alkanes of at least 4 members (excludes halogenated alkanes) is 6. The van der Waals surface area contributed by atoms with Crippen LogP contribution in [0.5, 0.6) is 0 Å². The molecule has 0 aromatic heterocycles. The van der Waals surface area contributed by atoms with Crippen LogP contribution in [0.2, 0.25) is 0 Å². The van der Waals surface area contributed by atoms with Crippen LogP contribution in [-0.4, -0.2) is 58.8 Å². The van der Waals surface area contributed by atoms with Crippen LogP contribution in [-0.2, 0) is 14.4 Å². The molecular weight excluding hydrogens is 434 g/mol. The van der Waals surface area contributed by atoms with E-state index in [1.54, 1.807) is 6.92 Å². The number of carboxylic acids is 3. The zero-order valence-electron chi connectivity index (χ0n) is 22.0. The van der Waals surface area contributed by atoms with Crippen molar-refractivity contribution in [1.82, 2.24) is 0 Å². The Labute approximate surface area is 206 Å². The molecule has 0 spiro atoms. The van der Waals surface area contributed by atoms with Gasteiger partial charge in [-0.1, -0.05) is 59.1 Å². The fourth-order valence-corrected chi connectivity index (χ4v) is 4.65. The van der Waals surface area contributed by atoms with Gasteiger partial charge >= 0.3 is 11.9 Å². The molecule has 34 heavy (non-hydrogen) atoms. The molecule has 0 saturated heterocycles. The monoisotopic (exact) mass is 483 g/mol. The predicted molar refractivity (Wildman–Crippen MR) is 133 cm³/mol. The van der Waals surface area contributed by atoms with Gasteiger partial charge in [-0.25, -0.2) is 0 Å². The molecule has 7 heteroatoms. The second-order valence-electron chi connectivity index (χ2n) is 9.74.